The lowest BCUT2D eigenvalue weighted by molar-refractivity contribution is -0.144. The van der Waals surface area contributed by atoms with E-state index in [4.69, 9.17) is 18.9 Å². The van der Waals surface area contributed by atoms with E-state index in [1.165, 1.54) is 0 Å². The Morgan fingerprint density at radius 2 is 0.725 bits per heavy atom. The fourth-order valence-electron chi connectivity index (χ4n) is 5.76. The molecule has 0 radical (unpaired) electrons. The Morgan fingerprint density at radius 3 is 0.980 bits per heavy atom. The third kappa shape index (κ3) is 15.2. The largest absolute Gasteiger partial charge is 0.507 e. The Labute approximate surface area is 308 Å². The van der Waals surface area contributed by atoms with Crippen molar-refractivity contribution in [2.24, 2.45) is 0 Å². The first-order chi connectivity index (χ1) is 23.5. The molecule has 0 aliphatic heterocycles. The molecule has 0 bridgehead atoms. The Morgan fingerprint density at radius 1 is 0.471 bits per heavy atom. The van der Waals surface area contributed by atoms with Gasteiger partial charge in [0.25, 0.3) is 0 Å². The normalized spacial score (nSPS) is 12.6. The first-order valence-corrected chi connectivity index (χ1v) is 18.7. The number of esters is 2. The second kappa shape index (κ2) is 19.1. The van der Waals surface area contributed by atoms with Crippen LogP contribution in [0.15, 0.2) is 24.3 Å². The first-order valence-electron chi connectivity index (χ1n) is 18.7. The number of aromatic hydroxyl groups is 2. The first kappa shape index (κ1) is 44.1. The molecule has 51 heavy (non-hydrogen) atoms. The Bertz CT molecular complexity index is 1240. The minimum absolute atomic E-state index is 0.213. The maximum atomic E-state index is 12.4. The number of rotatable bonds is 18. The smallest absolute Gasteiger partial charge is 0.306 e. The van der Waals surface area contributed by atoms with Gasteiger partial charge in [-0.3, -0.25) is 9.59 Å². The van der Waals surface area contributed by atoms with Gasteiger partial charge in [-0.2, -0.15) is 0 Å². The number of carbonyl (C=O) groups excluding carboxylic acids is 2. The number of phenols is 2. The number of ether oxygens (including phenoxy) is 4. The molecule has 2 aromatic carbocycles. The quantitative estimate of drug-likeness (QED) is 0.116. The summed E-state index contributed by atoms with van der Waals surface area (Å²) >= 11 is 0. The lowest BCUT2D eigenvalue weighted by atomic mass is 9.78. The Kier molecular flexibility index (Phi) is 16.5. The summed E-state index contributed by atoms with van der Waals surface area (Å²) in [5.41, 5.74) is 4.78. The zero-order chi connectivity index (χ0) is 38.6. The van der Waals surface area contributed by atoms with Gasteiger partial charge < -0.3 is 29.2 Å². The topological polar surface area (TPSA) is 112 Å². The van der Waals surface area contributed by atoms with Gasteiger partial charge >= 0.3 is 11.9 Å². The van der Waals surface area contributed by atoms with Crippen LogP contribution in [0, 0.1) is 0 Å². The van der Waals surface area contributed by atoms with Crippen LogP contribution in [0.25, 0.3) is 0 Å². The van der Waals surface area contributed by atoms with Gasteiger partial charge in [0, 0.05) is 52.1 Å². The van der Waals surface area contributed by atoms with Crippen LogP contribution in [0.1, 0.15) is 149 Å². The highest BCUT2D eigenvalue weighted by Crippen LogP contribution is 2.41. The summed E-state index contributed by atoms with van der Waals surface area (Å²) in [6, 6.07) is 8.04. The number of hydrogen-bond acceptors (Lipinski definition) is 8. The highest BCUT2D eigenvalue weighted by atomic mass is 16.5. The maximum Gasteiger partial charge on any atom is 0.306 e. The number of carbonyl (C=O) groups is 2. The van der Waals surface area contributed by atoms with E-state index in [1.807, 2.05) is 24.3 Å². The van der Waals surface area contributed by atoms with Gasteiger partial charge in [0.1, 0.15) is 11.5 Å². The van der Waals surface area contributed by atoms with Crippen molar-refractivity contribution in [3.05, 3.63) is 57.6 Å². The van der Waals surface area contributed by atoms with Gasteiger partial charge in [-0.05, 0) is 74.3 Å². The van der Waals surface area contributed by atoms with Gasteiger partial charge in [0.2, 0.25) is 0 Å². The fraction of sp³-hybridized carbons (Fsp3) is 0.674. The minimum atomic E-state index is -0.238. The van der Waals surface area contributed by atoms with Crippen LogP contribution in [-0.4, -0.2) is 61.8 Å². The van der Waals surface area contributed by atoms with Crippen molar-refractivity contribution >= 4 is 11.9 Å². The van der Waals surface area contributed by atoms with Crippen LogP contribution in [0.4, 0.5) is 0 Å². The predicted molar refractivity (Wildman–Crippen MR) is 205 cm³/mol. The highest BCUT2D eigenvalue weighted by molar-refractivity contribution is 5.70. The van der Waals surface area contributed by atoms with Crippen molar-refractivity contribution < 1.29 is 38.7 Å². The molecule has 2 N–H and O–H groups in total. The summed E-state index contributed by atoms with van der Waals surface area (Å²) in [6.45, 7) is 27.7. The fourth-order valence-corrected chi connectivity index (χ4v) is 5.76. The van der Waals surface area contributed by atoms with Crippen LogP contribution in [0.5, 0.6) is 11.5 Å². The molecule has 0 unspecified atom stereocenters. The van der Waals surface area contributed by atoms with Crippen LogP contribution in [0.2, 0.25) is 0 Å². The molecule has 0 aliphatic rings. The second-order valence-electron chi connectivity index (χ2n) is 17.8. The van der Waals surface area contributed by atoms with Gasteiger partial charge in [0.15, 0.2) is 0 Å². The van der Waals surface area contributed by atoms with Crippen molar-refractivity contribution in [1.82, 2.24) is 0 Å². The van der Waals surface area contributed by atoms with E-state index < -0.39 is 0 Å². The molecule has 2 aromatic rings. The molecule has 0 fully saturated rings. The van der Waals surface area contributed by atoms with Crippen LogP contribution in [0.3, 0.4) is 0 Å². The molecule has 0 heterocycles. The van der Waals surface area contributed by atoms with Crippen molar-refractivity contribution in [3.8, 4) is 11.5 Å². The molecular weight excluding hydrogens is 644 g/mol. The summed E-state index contributed by atoms with van der Waals surface area (Å²) < 4.78 is 22.1. The zero-order valence-electron chi connectivity index (χ0n) is 33.8. The molecule has 2 rings (SSSR count). The third-order valence-corrected chi connectivity index (χ3v) is 8.78. The maximum absolute atomic E-state index is 12.4. The van der Waals surface area contributed by atoms with Gasteiger partial charge in [-0.25, -0.2) is 0 Å². The number of aryl methyl sites for hydroxylation is 2. The lowest BCUT2D eigenvalue weighted by Gasteiger charge is -2.28. The van der Waals surface area contributed by atoms with Crippen molar-refractivity contribution in [3.63, 3.8) is 0 Å². The van der Waals surface area contributed by atoms with E-state index in [9.17, 15) is 19.8 Å². The molecule has 0 saturated heterocycles. The molecule has 0 aromatic heterocycles. The molecule has 0 spiro atoms. The lowest BCUT2D eigenvalue weighted by Crippen LogP contribution is -2.18. The van der Waals surface area contributed by atoms with Crippen LogP contribution in [-0.2, 0) is 63.0 Å². The molecule has 0 aliphatic carbocycles. The Hall–Kier alpha value is -3.10. The Balaban J connectivity index is 1.56. The monoisotopic (exact) mass is 712 g/mol. The number of phenolic OH excluding ortho intramolecular Hbond substituents is 2. The van der Waals surface area contributed by atoms with Crippen molar-refractivity contribution in [2.75, 3.05) is 39.6 Å². The second-order valence-corrected chi connectivity index (χ2v) is 17.8. The summed E-state index contributed by atoms with van der Waals surface area (Å²) in [6.07, 6.45) is 3.69. The summed E-state index contributed by atoms with van der Waals surface area (Å²) in [5.74, 6) is 0.210. The SMILES string of the molecule is CC(C)(C)c1cc(CCC(=O)OCCCOCCCOCCCOC(=O)CCc2cc(C(C)(C)C)c(O)c(C(C)(C)C)c2)cc(C(C)(C)C)c1O. The van der Waals surface area contributed by atoms with E-state index in [0.717, 1.165) is 39.8 Å². The third-order valence-electron chi connectivity index (χ3n) is 8.78. The minimum Gasteiger partial charge on any atom is -0.507 e. The molecule has 8 heteroatoms. The number of benzene rings is 2. The molecule has 0 amide bonds. The predicted octanol–water partition coefficient (Wildman–Crippen LogP) is 9.14. The van der Waals surface area contributed by atoms with Crippen LogP contribution >= 0.6 is 0 Å². The standard InChI is InChI=1S/C43H68O8/c1-40(2,3)32-26-30(27-33(38(32)46)41(4,5)6)16-18-36(44)50-24-14-22-48-20-13-21-49-23-15-25-51-37(45)19-17-31-28-34(42(7,8)9)39(47)35(29-31)43(10,11)12/h26-29,46-47H,13-25H2,1-12H3. The average Bonchev–Trinajstić information content (AvgIpc) is 2.99. The zero-order valence-corrected chi connectivity index (χ0v) is 33.8. The molecule has 288 valence electrons. The highest BCUT2D eigenvalue weighted by Gasteiger charge is 2.28. The average molecular weight is 713 g/mol. The van der Waals surface area contributed by atoms with E-state index in [2.05, 4.69) is 83.1 Å². The van der Waals surface area contributed by atoms with E-state index in [1.54, 1.807) is 0 Å². The number of hydrogen-bond donors (Lipinski definition) is 2. The van der Waals surface area contributed by atoms with Crippen LogP contribution < -0.4 is 0 Å². The summed E-state index contributed by atoms with van der Waals surface area (Å²) in [4.78, 5) is 24.8. The van der Waals surface area contributed by atoms with Crippen molar-refractivity contribution in [2.45, 2.75) is 150 Å². The van der Waals surface area contributed by atoms with E-state index >= 15 is 0 Å². The van der Waals surface area contributed by atoms with E-state index in [-0.39, 0.29) is 46.4 Å². The summed E-state index contributed by atoms with van der Waals surface area (Å²) in [7, 11) is 0. The molecule has 0 saturated carbocycles. The van der Waals surface area contributed by atoms with Gasteiger partial charge in [-0.15, -0.1) is 0 Å². The van der Waals surface area contributed by atoms with Crippen molar-refractivity contribution in [1.29, 1.82) is 0 Å². The molecule has 8 nitrogen and oxygen atoms in total. The molecule has 0 atom stereocenters. The van der Waals surface area contributed by atoms with E-state index in [0.29, 0.717) is 76.8 Å². The van der Waals surface area contributed by atoms with Gasteiger partial charge in [0.05, 0.1) is 13.2 Å². The molecular formula is C43H68O8. The summed E-state index contributed by atoms with van der Waals surface area (Å²) in [5, 5.41) is 21.8. The van der Waals surface area contributed by atoms with Gasteiger partial charge in [-0.1, -0.05) is 107 Å².